The molecule has 13 heterocycles. The van der Waals surface area contributed by atoms with E-state index in [1.807, 2.05) is 102 Å². The second kappa shape index (κ2) is 26.0. The first-order valence-electron chi connectivity index (χ1n) is 23.7. The fourth-order valence-corrected chi connectivity index (χ4v) is 27.8. The number of halogens is 4. The second-order valence-corrected chi connectivity index (χ2v) is 35.5. The minimum absolute atomic E-state index is 0. The van der Waals surface area contributed by atoms with Crippen molar-refractivity contribution in [2.75, 3.05) is 0 Å². The summed E-state index contributed by atoms with van der Waals surface area (Å²) in [5.74, 6) is 66.6. The molecule has 0 unspecified atom stereocenters. The zero-order valence-corrected chi connectivity index (χ0v) is 59.4. The van der Waals surface area contributed by atoms with Crippen LogP contribution < -0.4 is 0 Å². The van der Waals surface area contributed by atoms with E-state index in [0.29, 0.717) is 0 Å². The van der Waals surface area contributed by atoms with Gasteiger partial charge in [-0.15, -0.1) is 147 Å². The zero-order chi connectivity index (χ0) is 57.1. The van der Waals surface area contributed by atoms with E-state index >= 15 is 0 Å². The van der Waals surface area contributed by atoms with Crippen LogP contribution in [0.5, 0.6) is 0 Å². The summed E-state index contributed by atoms with van der Waals surface area (Å²) in [6.45, 7) is 7.98. The number of rotatable bonds is 4. The summed E-state index contributed by atoms with van der Waals surface area (Å²) in [4.78, 5) is 10.2. The van der Waals surface area contributed by atoms with Crippen LogP contribution in [0.4, 0.5) is 0 Å². The standard InChI is InChI=1S/C34H10Br2S7.C32H10Br2S6.34H2/c1-3-4-5-6-7-8-9-10-11-12-13-14-20-27(22-16-18-24(36)38-22)41-30-28(20)42-34-32(30)43-31-29-26(40-33(31)34)19(2)25(39-29)21-15-17-23(35)37-21;1-3-4-5-6-7-8-9-10-11-12-13-14-20-27(22-16-18-24(34)36-22)39-30-28(20)40-31-29-26(38-32(30)31)19(2)25(37-29)21-15-17-23(33)35-21;;;;;;;;;;;;;;;;;;;;;;;;;;;;;;;;;;/h15-18H,1-2H3;15-18H,1-2H3;34*1H. The maximum absolute atomic E-state index is 3.64. The molecule has 0 bridgehead atoms. The molecule has 0 fully saturated rings. The highest BCUT2D eigenvalue weighted by Gasteiger charge is 2.27. The quantitative estimate of drug-likeness (QED) is 0.154. The highest BCUT2D eigenvalue weighted by Crippen LogP contribution is 2.59. The normalized spacial score (nSPS) is 9.98. The Morgan fingerprint density at radius 3 is 0.771 bits per heavy atom. The Bertz CT molecular complexity index is 5820. The van der Waals surface area contributed by atoms with Crippen LogP contribution in [0.1, 0.15) is 84.6 Å². The van der Waals surface area contributed by atoms with Crippen LogP contribution in [0.25, 0.3) is 105 Å². The number of hydrogen-bond donors (Lipinski definition) is 0. The van der Waals surface area contributed by atoms with Gasteiger partial charge in [0, 0.05) is 77.8 Å². The van der Waals surface area contributed by atoms with Crippen LogP contribution in [-0.4, -0.2) is 0 Å². The maximum Gasteiger partial charge on any atom is 0.0705 e. The van der Waals surface area contributed by atoms with Gasteiger partial charge in [0.15, 0.2) is 0 Å². The minimum atomic E-state index is 0. The predicted octanol–water partition coefficient (Wildman–Crippen LogP) is 31.7. The van der Waals surface area contributed by atoms with E-state index in [1.165, 1.54) is 120 Å². The summed E-state index contributed by atoms with van der Waals surface area (Å²) in [5, 5.41) is 0. The molecule has 0 atom stereocenters. The first kappa shape index (κ1) is 58.0. The topological polar surface area (TPSA) is 0 Å². The maximum atomic E-state index is 3.64. The van der Waals surface area contributed by atoms with Crippen LogP contribution in [0, 0.1) is 156 Å². The molecule has 0 radical (unpaired) electrons. The van der Waals surface area contributed by atoms with E-state index in [2.05, 4.69) is 268 Å². The van der Waals surface area contributed by atoms with Gasteiger partial charge in [-0.2, -0.15) is 0 Å². The summed E-state index contributed by atoms with van der Waals surface area (Å²) >= 11 is 38.5. The molecular formula is C66H88Br4S13. The van der Waals surface area contributed by atoms with Gasteiger partial charge in [-0.3, -0.25) is 0 Å². The van der Waals surface area contributed by atoms with Crippen molar-refractivity contribution in [3.05, 3.63) is 85.9 Å². The molecule has 13 rings (SSSR count). The Balaban J connectivity index is -0.0000000558. The molecule has 13 aromatic rings. The third-order valence-corrected chi connectivity index (χ3v) is 31.6. The largest absolute Gasteiger partial charge is 0.132 e. The number of fused-ring (bicyclic) bond motifs is 12. The third kappa shape index (κ3) is 12.0. The van der Waals surface area contributed by atoms with Crippen molar-refractivity contribution in [1.29, 1.82) is 0 Å². The van der Waals surface area contributed by atoms with Crippen molar-refractivity contribution in [1.82, 2.24) is 0 Å². The molecule has 0 amide bonds. The van der Waals surface area contributed by atoms with Gasteiger partial charge in [-0.05, 0) is 281 Å². The Kier molecular flexibility index (Phi) is 18.2. The fraction of sp³-hybridized carbons (Fsp3) is 0.0606. The SMILES string of the molecule is CC#CC#CC#CC#CC#CC#Cc1c(-c2ccc(Br)s2)sc2c1sc1c2sc2c3sc(-c4ccc(Br)s4)c(C)c3sc21.CC#CC#CC#CC#CC#CC#Cc1c(-c2ccc(Br)s2)sc2c1sc1c3sc(-c4ccc(Br)s4)c(C)c3sc21.[HH].[HH].[HH].[HH].[HH].[HH].[HH].[HH].[HH].[HH].[HH].[HH].[HH].[HH].[HH].[HH].[HH].[HH].[HH].[HH].[HH].[HH].[HH].[HH].[HH].[HH].[HH].[HH].[HH].[HH].[HH].[HH].[HH].[HH]. The zero-order valence-electron chi connectivity index (χ0n) is 42.4. The Labute approximate surface area is 614 Å². The molecule has 83 heavy (non-hydrogen) atoms. The van der Waals surface area contributed by atoms with Crippen LogP contribution in [0.15, 0.2) is 63.7 Å². The lowest BCUT2D eigenvalue weighted by Gasteiger charge is -1.94. The lowest BCUT2D eigenvalue weighted by Crippen LogP contribution is -1.72. The molecule has 17 heteroatoms. The average molecular weight is 1620 g/mol. The molecule has 0 nitrogen and oxygen atoms in total. The van der Waals surface area contributed by atoms with Gasteiger partial charge in [-0.25, -0.2) is 0 Å². The monoisotopic (exact) mass is 1610 g/mol. The molecule has 0 saturated heterocycles. The molecule has 13 aromatic heterocycles. The molecule has 0 aliphatic carbocycles. The molecular weight excluding hydrogens is 1530 g/mol. The summed E-state index contributed by atoms with van der Waals surface area (Å²) in [7, 11) is 0. The van der Waals surface area contributed by atoms with E-state index < -0.39 is 0 Å². The first-order chi connectivity index (χ1) is 40.6. The van der Waals surface area contributed by atoms with Gasteiger partial charge >= 0.3 is 0 Å². The highest BCUT2D eigenvalue weighted by molar-refractivity contribution is 9.11. The third-order valence-electron chi connectivity index (χ3n) is 11.5. The Morgan fingerprint density at radius 2 is 0.482 bits per heavy atom. The smallest absolute Gasteiger partial charge is 0.0705 e. The molecule has 0 aliphatic heterocycles. The summed E-state index contributed by atoms with van der Waals surface area (Å²) < 4.78 is 23.5. The summed E-state index contributed by atoms with van der Waals surface area (Å²) in [5.41, 5.74) is 4.85. The lowest BCUT2D eigenvalue weighted by molar-refractivity contribution is 1.62. The van der Waals surface area contributed by atoms with E-state index in [9.17, 15) is 0 Å². The fourth-order valence-electron chi connectivity index (χ4n) is 8.15. The Hall–Kier alpha value is -5.44. The molecule has 458 valence electrons. The first-order valence-corrected chi connectivity index (χ1v) is 37.5. The van der Waals surface area contributed by atoms with E-state index in [1.54, 1.807) is 59.2 Å². The predicted molar refractivity (Wildman–Crippen MR) is 465 cm³/mol. The molecule has 0 saturated carbocycles. The lowest BCUT2D eigenvalue weighted by atomic mass is 10.2. The molecule has 0 N–H and O–H groups in total. The van der Waals surface area contributed by atoms with Gasteiger partial charge in [-0.1, -0.05) is 11.8 Å². The number of aryl methyl sites for hydroxylation is 2. The molecule has 0 aliphatic rings. The van der Waals surface area contributed by atoms with Gasteiger partial charge in [0.2, 0.25) is 0 Å². The van der Waals surface area contributed by atoms with Crippen LogP contribution in [0.2, 0.25) is 0 Å². The van der Waals surface area contributed by atoms with Crippen molar-refractivity contribution < 1.29 is 48.5 Å². The molecule has 0 aromatic carbocycles. The van der Waals surface area contributed by atoms with Crippen LogP contribution >= 0.6 is 211 Å². The van der Waals surface area contributed by atoms with Crippen molar-refractivity contribution in [3.63, 3.8) is 0 Å². The highest BCUT2D eigenvalue weighted by atomic mass is 79.9. The van der Waals surface area contributed by atoms with E-state index in [0.717, 1.165) is 22.5 Å². The van der Waals surface area contributed by atoms with Gasteiger partial charge in [0.05, 0.1) is 102 Å². The Morgan fingerprint density at radius 1 is 0.253 bits per heavy atom. The molecule has 0 spiro atoms. The van der Waals surface area contributed by atoms with Crippen LogP contribution in [0.3, 0.4) is 0 Å². The van der Waals surface area contributed by atoms with Crippen molar-refractivity contribution >= 4 is 277 Å². The average Bonchev–Trinajstić information content (AvgIpc) is 1.55. The summed E-state index contributed by atoms with van der Waals surface area (Å²) in [6.07, 6.45) is 0. The second-order valence-electron chi connectivity index (χ2n) is 16.5. The van der Waals surface area contributed by atoms with E-state index in [-0.39, 0.29) is 48.5 Å². The number of hydrogen-bond acceptors (Lipinski definition) is 13. The van der Waals surface area contributed by atoms with Crippen molar-refractivity contribution in [2.24, 2.45) is 0 Å². The van der Waals surface area contributed by atoms with Crippen molar-refractivity contribution in [2.45, 2.75) is 27.7 Å². The minimum Gasteiger partial charge on any atom is -0.132 e. The number of thiophene rings is 13. The van der Waals surface area contributed by atoms with Crippen molar-refractivity contribution in [3.8, 4) is 181 Å². The van der Waals surface area contributed by atoms with E-state index in [4.69, 9.17) is 0 Å². The summed E-state index contributed by atoms with van der Waals surface area (Å²) in [6, 6.07) is 17.2. The van der Waals surface area contributed by atoms with Gasteiger partial charge in [0.25, 0.3) is 0 Å². The van der Waals surface area contributed by atoms with Gasteiger partial charge in [0.1, 0.15) is 0 Å². The van der Waals surface area contributed by atoms with Gasteiger partial charge < -0.3 is 0 Å². The van der Waals surface area contributed by atoms with Crippen LogP contribution in [-0.2, 0) is 0 Å².